The van der Waals surface area contributed by atoms with E-state index in [0.29, 0.717) is 0 Å². The fourth-order valence-corrected chi connectivity index (χ4v) is 0.761. The third-order valence-electron chi connectivity index (χ3n) is 2.03. The fraction of sp³-hybridized carbons (Fsp3) is 0.714. The summed E-state index contributed by atoms with van der Waals surface area (Å²) in [5.41, 5.74) is 5.24. The number of aliphatic carboxylic acids is 2. The van der Waals surface area contributed by atoms with Crippen molar-refractivity contribution >= 4 is 11.9 Å². The van der Waals surface area contributed by atoms with Gasteiger partial charge in [0.2, 0.25) is 0 Å². The molecule has 0 amide bonds. The van der Waals surface area contributed by atoms with Crippen LogP contribution in [0.4, 0.5) is 0 Å². The summed E-state index contributed by atoms with van der Waals surface area (Å²) in [5, 5.41) is 17.0. The lowest BCUT2D eigenvalue weighted by molar-refractivity contribution is -0.145. The van der Waals surface area contributed by atoms with Gasteiger partial charge in [-0.1, -0.05) is 13.8 Å². The molecular formula is C7H13NO4. The Hall–Kier alpha value is -1.10. The van der Waals surface area contributed by atoms with E-state index < -0.39 is 29.8 Å². The lowest BCUT2D eigenvalue weighted by Crippen LogP contribution is -2.41. The van der Waals surface area contributed by atoms with Gasteiger partial charge in [0.1, 0.15) is 6.04 Å². The molecule has 0 saturated heterocycles. The highest BCUT2D eigenvalue weighted by Gasteiger charge is 2.28. The van der Waals surface area contributed by atoms with E-state index >= 15 is 0 Å². The molecule has 5 heteroatoms. The molecule has 0 rings (SSSR count). The second-order valence-corrected chi connectivity index (χ2v) is 2.85. The molecule has 0 aliphatic heterocycles. The summed E-state index contributed by atoms with van der Waals surface area (Å²) < 4.78 is 0. The van der Waals surface area contributed by atoms with Crippen molar-refractivity contribution in [3.63, 3.8) is 0 Å². The van der Waals surface area contributed by atoms with Crippen molar-refractivity contribution in [2.75, 3.05) is 0 Å². The molecule has 12 heavy (non-hydrogen) atoms. The molecule has 2 unspecified atom stereocenters. The van der Waals surface area contributed by atoms with Gasteiger partial charge in [-0.3, -0.25) is 9.59 Å². The first-order valence-electron chi connectivity index (χ1n) is 3.59. The largest absolute Gasteiger partial charge is 0.481 e. The highest BCUT2D eigenvalue weighted by molar-refractivity contribution is 5.76. The van der Waals surface area contributed by atoms with E-state index in [1.807, 2.05) is 0 Å². The number of carboxylic acids is 2. The van der Waals surface area contributed by atoms with E-state index in [9.17, 15) is 9.59 Å². The van der Waals surface area contributed by atoms with Crippen LogP contribution in [0.2, 0.25) is 0 Å². The number of carboxylic acid groups (broad SMARTS) is 2. The summed E-state index contributed by atoms with van der Waals surface area (Å²) in [6.45, 7) is 2.95. The van der Waals surface area contributed by atoms with E-state index in [2.05, 4.69) is 0 Å². The minimum Gasteiger partial charge on any atom is -0.481 e. The van der Waals surface area contributed by atoms with Gasteiger partial charge < -0.3 is 15.9 Å². The van der Waals surface area contributed by atoms with Gasteiger partial charge >= 0.3 is 11.9 Å². The second-order valence-electron chi connectivity index (χ2n) is 2.85. The average molecular weight is 175 g/mol. The molecule has 5 nitrogen and oxygen atoms in total. The topological polar surface area (TPSA) is 101 Å². The zero-order valence-corrected chi connectivity index (χ0v) is 7.02. The predicted octanol–water partition coefficient (Wildman–Crippen LogP) is -0.245. The van der Waals surface area contributed by atoms with Crippen molar-refractivity contribution in [2.24, 2.45) is 17.6 Å². The summed E-state index contributed by atoms with van der Waals surface area (Å²) in [7, 11) is 0. The molecule has 4 N–H and O–H groups in total. The zero-order valence-electron chi connectivity index (χ0n) is 7.02. The van der Waals surface area contributed by atoms with Gasteiger partial charge in [-0.25, -0.2) is 0 Å². The van der Waals surface area contributed by atoms with Crippen LogP contribution in [0.5, 0.6) is 0 Å². The van der Waals surface area contributed by atoms with Crippen molar-refractivity contribution in [1.82, 2.24) is 0 Å². The smallest absolute Gasteiger partial charge is 0.320 e. The van der Waals surface area contributed by atoms with Gasteiger partial charge in [-0.15, -0.1) is 0 Å². The summed E-state index contributed by atoms with van der Waals surface area (Å²) >= 11 is 0. The molecule has 0 bridgehead atoms. The molecule has 0 saturated carbocycles. The Bertz CT molecular complexity index is 172. The SMILES string of the molecule is CC(C(=O)O)C(C)[C@H](N)C(=O)O. The van der Waals surface area contributed by atoms with E-state index in [-0.39, 0.29) is 0 Å². The maximum atomic E-state index is 10.4. The lowest BCUT2D eigenvalue weighted by Gasteiger charge is -2.19. The first-order valence-corrected chi connectivity index (χ1v) is 3.59. The molecule has 0 heterocycles. The maximum Gasteiger partial charge on any atom is 0.320 e. The molecule has 0 aromatic rings. The first-order chi connectivity index (χ1) is 5.37. The highest BCUT2D eigenvalue weighted by Crippen LogP contribution is 2.14. The Morgan fingerprint density at radius 1 is 1.17 bits per heavy atom. The van der Waals surface area contributed by atoms with Crippen LogP contribution in [-0.2, 0) is 9.59 Å². The van der Waals surface area contributed by atoms with Crippen LogP contribution in [0.3, 0.4) is 0 Å². The quantitative estimate of drug-likeness (QED) is 0.547. The van der Waals surface area contributed by atoms with Gasteiger partial charge in [0.05, 0.1) is 5.92 Å². The van der Waals surface area contributed by atoms with Gasteiger partial charge in [0, 0.05) is 0 Å². The van der Waals surface area contributed by atoms with E-state index in [0.717, 1.165) is 0 Å². The molecule has 0 aromatic heterocycles. The minimum absolute atomic E-state index is 0.569. The number of hydrogen-bond donors (Lipinski definition) is 3. The molecule has 0 spiro atoms. The van der Waals surface area contributed by atoms with Crippen LogP contribution in [0.25, 0.3) is 0 Å². The van der Waals surface area contributed by atoms with Gasteiger partial charge in [-0.2, -0.15) is 0 Å². The van der Waals surface area contributed by atoms with Crippen LogP contribution in [0.15, 0.2) is 0 Å². The van der Waals surface area contributed by atoms with E-state index in [1.54, 1.807) is 0 Å². The minimum atomic E-state index is -1.17. The van der Waals surface area contributed by atoms with Gasteiger partial charge in [0.25, 0.3) is 0 Å². The van der Waals surface area contributed by atoms with E-state index in [1.165, 1.54) is 13.8 Å². The molecule has 0 aliphatic carbocycles. The van der Waals surface area contributed by atoms with Crippen LogP contribution in [0.1, 0.15) is 13.8 Å². The Balaban J connectivity index is 4.28. The Morgan fingerprint density at radius 3 is 1.83 bits per heavy atom. The molecule has 0 radical (unpaired) electrons. The van der Waals surface area contributed by atoms with Crippen molar-refractivity contribution in [2.45, 2.75) is 19.9 Å². The molecular weight excluding hydrogens is 162 g/mol. The third kappa shape index (κ3) is 2.50. The fourth-order valence-electron chi connectivity index (χ4n) is 0.761. The third-order valence-corrected chi connectivity index (χ3v) is 2.03. The van der Waals surface area contributed by atoms with Crippen molar-refractivity contribution in [3.8, 4) is 0 Å². The molecule has 0 fully saturated rings. The molecule has 0 aromatic carbocycles. The summed E-state index contributed by atoms with van der Waals surface area (Å²) in [4.78, 5) is 20.8. The summed E-state index contributed by atoms with van der Waals surface area (Å²) in [5.74, 6) is -3.51. The van der Waals surface area contributed by atoms with Crippen molar-refractivity contribution in [1.29, 1.82) is 0 Å². The van der Waals surface area contributed by atoms with Gasteiger partial charge in [-0.05, 0) is 5.92 Å². The number of rotatable bonds is 4. The zero-order chi connectivity index (χ0) is 9.89. The van der Waals surface area contributed by atoms with Crippen LogP contribution in [-0.4, -0.2) is 28.2 Å². The summed E-state index contributed by atoms with van der Waals surface area (Å²) in [6.07, 6.45) is 0. The lowest BCUT2D eigenvalue weighted by atomic mass is 9.89. The Morgan fingerprint density at radius 2 is 1.58 bits per heavy atom. The molecule has 70 valence electrons. The van der Waals surface area contributed by atoms with Crippen LogP contribution < -0.4 is 5.73 Å². The van der Waals surface area contributed by atoms with E-state index in [4.69, 9.17) is 15.9 Å². The van der Waals surface area contributed by atoms with Crippen molar-refractivity contribution < 1.29 is 19.8 Å². The predicted molar refractivity (Wildman–Crippen MR) is 41.6 cm³/mol. The second kappa shape index (κ2) is 4.06. The Labute approximate surface area is 70.2 Å². The molecule has 3 atom stereocenters. The maximum absolute atomic E-state index is 10.4. The van der Waals surface area contributed by atoms with Gasteiger partial charge in [0.15, 0.2) is 0 Å². The molecule has 0 aliphatic rings. The number of hydrogen-bond acceptors (Lipinski definition) is 3. The Kier molecular flexibility index (Phi) is 3.69. The summed E-state index contributed by atoms with van der Waals surface area (Å²) in [6, 6.07) is -1.11. The standard InChI is InChI=1S/C7H13NO4/c1-3(4(2)6(9)10)5(8)7(11)12/h3-5H,8H2,1-2H3,(H,9,10)(H,11,12)/t3?,4?,5-/m0/s1. The monoisotopic (exact) mass is 175 g/mol. The van der Waals surface area contributed by atoms with Crippen LogP contribution >= 0.6 is 0 Å². The normalized spacial score (nSPS) is 17.9. The van der Waals surface area contributed by atoms with Crippen molar-refractivity contribution in [3.05, 3.63) is 0 Å². The number of nitrogens with two attached hydrogens (primary N) is 1. The van der Waals surface area contributed by atoms with Crippen LogP contribution in [0, 0.1) is 11.8 Å². The highest BCUT2D eigenvalue weighted by atomic mass is 16.4. The average Bonchev–Trinajstić information content (AvgIpc) is 2.00. The first kappa shape index (κ1) is 10.9. The number of carbonyl (C=O) groups is 2.